The Kier molecular flexibility index (Phi) is 3.10. The van der Waals surface area contributed by atoms with Crippen molar-refractivity contribution < 1.29 is 26.3 Å². The fraction of sp³-hybridized carbons (Fsp3) is 1.00. The van der Waals surface area contributed by atoms with Crippen molar-refractivity contribution in [1.29, 1.82) is 0 Å². The van der Waals surface area contributed by atoms with Crippen molar-refractivity contribution in [3.8, 4) is 0 Å². The first-order valence-electron chi connectivity index (χ1n) is 1.38. The Hall–Kier alpha value is -0.420. The van der Waals surface area contributed by atoms with Crippen molar-refractivity contribution in [3.05, 3.63) is 0 Å². The fourth-order valence-electron chi connectivity index (χ4n) is 0. The van der Waals surface area contributed by atoms with Crippen LogP contribution in [0.5, 0.6) is 0 Å². The summed E-state index contributed by atoms with van der Waals surface area (Å²) in [5.41, 5.74) is 0. The van der Waals surface area contributed by atoms with Crippen LogP contribution in [0.4, 0.5) is 26.3 Å². The van der Waals surface area contributed by atoms with Gasteiger partial charge in [-0.05, 0) is 0 Å². The third-order valence-corrected chi connectivity index (χ3v) is 0.321. The van der Waals surface area contributed by atoms with E-state index in [1.54, 1.807) is 0 Å². The Bertz CT molecular complexity index is 63.3. The molecule has 0 nitrogen and oxygen atoms in total. The molecule has 9 heavy (non-hydrogen) atoms. The van der Waals surface area contributed by atoms with Crippen LogP contribution in [0.3, 0.4) is 0 Å². The normalized spacial score (nSPS) is 12.7. The number of alkyl halides is 6. The van der Waals surface area contributed by atoms with Gasteiger partial charge in [0.2, 0.25) is 0 Å². The molecule has 0 aliphatic carbocycles. The zero-order valence-corrected chi connectivity index (χ0v) is 3.27. The number of hydrogen-bond acceptors (Lipinski definition) is 0. The third kappa shape index (κ3) is 3.21. The summed E-state index contributed by atoms with van der Waals surface area (Å²) in [6, 6.07) is 0. The lowest BCUT2D eigenvalue weighted by molar-refractivity contribution is -0.339. The second kappa shape index (κ2) is 2.45. The number of rotatable bonds is 0. The average molecular weight is 154 g/mol. The van der Waals surface area contributed by atoms with Crippen LogP contribution in [0.25, 0.3) is 0 Å². The van der Waals surface area contributed by atoms with Gasteiger partial charge >= 0.3 is 12.4 Å². The lowest BCUT2D eigenvalue weighted by Crippen LogP contribution is -2.30. The van der Waals surface area contributed by atoms with Crippen LogP contribution in [0.2, 0.25) is 0 Å². The van der Waals surface area contributed by atoms with E-state index in [1.165, 1.54) is 0 Å². The molecule has 58 valence electrons. The SMILES string of the molecule is C.FC(F)(F)C(F)(F)F. The van der Waals surface area contributed by atoms with Gasteiger partial charge in [-0.25, -0.2) is 0 Å². The van der Waals surface area contributed by atoms with E-state index in [-0.39, 0.29) is 7.43 Å². The van der Waals surface area contributed by atoms with Crippen molar-refractivity contribution in [2.75, 3.05) is 0 Å². The minimum Gasteiger partial charge on any atom is -0.162 e. The van der Waals surface area contributed by atoms with Crippen LogP contribution < -0.4 is 0 Å². The molecule has 0 spiro atoms. The first-order valence-corrected chi connectivity index (χ1v) is 1.38. The van der Waals surface area contributed by atoms with Crippen molar-refractivity contribution in [3.63, 3.8) is 0 Å². The van der Waals surface area contributed by atoms with Gasteiger partial charge in [-0.1, -0.05) is 7.43 Å². The summed E-state index contributed by atoms with van der Waals surface area (Å²) in [5.74, 6) is 0. The lowest BCUT2D eigenvalue weighted by atomic mass is 10.7. The van der Waals surface area contributed by atoms with E-state index in [0.29, 0.717) is 0 Å². The molecule has 0 saturated heterocycles. The van der Waals surface area contributed by atoms with Crippen LogP contribution in [-0.4, -0.2) is 12.4 Å². The first-order chi connectivity index (χ1) is 3.25. The van der Waals surface area contributed by atoms with E-state index < -0.39 is 12.4 Å². The molecule has 0 unspecified atom stereocenters. The minimum absolute atomic E-state index is 0. The zero-order valence-electron chi connectivity index (χ0n) is 3.27. The summed E-state index contributed by atoms with van der Waals surface area (Å²) in [6.07, 6.45) is -12.1. The Morgan fingerprint density at radius 2 is 0.667 bits per heavy atom. The summed E-state index contributed by atoms with van der Waals surface area (Å²) < 4.78 is 62.6. The third-order valence-electron chi connectivity index (χ3n) is 0.321. The quantitative estimate of drug-likeness (QED) is 0.470. The molecule has 0 bridgehead atoms. The van der Waals surface area contributed by atoms with Crippen molar-refractivity contribution in [2.24, 2.45) is 0 Å². The Morgan fingerprint density at radius 3 is 0.667 bits per heavy atom. The van der Waals surface area contributed by atoms with E-state index in [9.17, 15) is 26.3 Å². The molecular formula is C3H4F6. The van der Waals surface area contributed by atoms with Crippen LogP contribution in [0.1, 0.15) is 7.43 Å². The maximum Gasteiger partial charge on any atom is 0.487 e. The summed E-state index contributed by atoms with van der Waals surface area (Å²) >= 11 is 0. The van der Waals surface area contributed by atoms with Gasteiger partial charge in [-0.15, -0.1) is 0 Å². The molecule has 0 aliphatic heterocycles. The molecule has 0 radical (unpaired) electrons. The summed E-state index contributed by atoms with van der Waals surface area (Å²) in [5, 5.41) is 0. The second-order valence-electron chi connectivity index (χ2n) is 0.996. The molecule has 0 N–H and O–H groups in total. The number of hydrogen-bond donors (Lipinski definition) is 0. The molecule has 0 fully saturated rings. The van der Waals surface area contributed by atoms with E-state index in [1.807, 2.05) is 0 Å². The van der Waals surface area contributed by atoms with Gasteiger partial charge in [-0.2, -0.15) is 26.3 Å². The van der Waals surface area contributed by atoms with E-state index in [4.69, 9.17) is 0 Å². The monoisotopic (exact) mass is 154 g/mol. The van der Waals surface area contributed by atoms with Crippen LogP contribution in [0, 0.1) is 0 Å². The maximum absolute atomic E-state index is 10.4. The van der Waals surface area contributed by atoms with Gasteiger partial charge in [0, 0.05) is 0 Å². The van der Waals surface area contributed by atoms with Crippen molar-refractivity contribution in [2.45, 2.75) is 19.8 Å². The first kappa shape index (κ1) is 11.4. The Balaban J connectivity index is 0. The van der Waals surface area contributed by atoms with E-state index in [2.05, 4.69) is 0 Å². The zero-order chi connectivity index (χ0) is 7.00. The molecule has 0 aromatic carbocycles. The van der Waals surface area contributed by atoms with Gasteiger partial charge in [0.25, 0.3) is 0 Å². The van der Waals surface area contributed by atoms with Crippen molar-refractivity contribution >= 4 is 0 Å². The summed E-state index contributed by atoms with van der Waals surface area (Å²) in [4.78, 5) is 0. The fourth-order valence-corrected chi connectivity index (χ4v) is 0. The molecule has 0 rings (SSSR count). The minimum atomic E-state index is -6.06. The molecule has 6 heteroatoms. The van der Waals surface area contributed by atoms with Gasteiger partial charge in [0.05, 0.1) is 0 Å². The van der Waals surface area contributed by atoms with Gasteiger partial charge in [0.1, 0.15) is 0 Å². The topological polar surface area (TPSA) is 0 Å². The van der Waals surface area contributed by atoms with Crippen LogP contribution >= 0.6 is 0 Å². The smallest absolute Gasteiger partial charge is 0.162 e. The molecule has 0 aromatic rings. The molecule has 0 amide bonds. The molecule has 0 heterocycles. The standard InChI is InChI=1S/C2F6.CH4/c3-1(4,5)2(6,7)8;/h;1H4. The van der Waals surface area contributed by atoms with Gasteiger partial charge in [-0.3, -0.25) is 0 Å². The van der Waals surface area contributed by atoms with Crippen LogP contribution in [-0.2, 0) is 0 Å². The molecule has 0 atom stereocenters. The van der Waals surface area contributed by atoms with E-state index in [0.717, 1.165) is 0 Å². The van der Waals surface area contributed by atoms with Gasteiger partial charge < -0.3 is 0 Å². The summed E-state index contributed by atoms with van der Waals surface area (Å²) in [6.45, 7) is 0. The largest absolute Gasteiger partial charge is 0.487 e. The van der Waals surface area contributed by atoms with Gasteiger partial charge in [0.15, 0.2) is 0 Å². The molecule has 0 aromatic heterocycles. The summed E-state index contributed by atoms with van der Waals surface area (Å²) in [7, 11) is 0. The van der Waals surface area contributed by atoms with Crippen molar-refractivity contribution in [1.82, 2.24) is 0 Å². The number of halogens is 6. The van der Waals surface area contributed by atoms with Crippen LogP contribution in [0.15, 0.2) is 0 Å². The molecule has 0 saturated carbocycles. The molecule has 0 aliphatic rings. The highest BCUT2D eigenvalue weighted by atomic mass is 19.5. The highest BCUT2D eigenvalue weighted by Crippen LogP contribution is 2.35. The lowest BCUT2D eigenvalue weighted by Gasteiger charge is -2.08. The molecular weight excluding hydrogens is 150 g/mol. The second-order valence-corrected chi connectivity index (χ2v) is 0.996. The average Bonchev–Trinajstić information content (AvgIpc) is 1.25. The maximum atomic E-state index is 10.4. The van der Waals surface area contributed by atoms with E-state index >= 15 is 0 Å². The highest BCUT2D eigenvalue weighted by molar-refractivity contribution is 4.59. The highest BCUT2D eigenvalue weighted by Gasteiger charge is 2.58. The Labute approximate surface area is 47.5 Å². The Morgan fingerprint density at radius 1 is 0.556 bits per heavy atom. The predicted molar refractivity (Wildman–Crippen MR) is 18.8 cm³/mol. The predicted octanol–water partition coefficient (Wildman–Crippen LogP) is 2.75.